The summed E-state index contributed by atoms with van der Waals surface area (Å²) in [6.07, 6.45) is 3.64. The summed E-state index contributed by atoms with van der Waals surface area (Å²) in [6, 6.07) is 21.3. The van der Waals surface area contributed by atoms with Crippen molar-refractivity contribution in [3.63, 3.8) is 0 Å². The van der Waals surface area contributed by atoms with Gasteiger partial charge in [0.15, 0.2) is 5.60 Å². The summed E-state index contributed by atoms with van der Waals surface area (Å²) >= 11 is 0. The van der Waals surface area contributed by atoms with Crippen molar-refractivity contribution in [2.75, 3.05) is 14.2 Å². The summed E-state index contributed by atoms with van der Waals surface area (Å²) in [4.78, 5) is 0. The molecule has 0 spiro atoms. The SMILES string of the molecule is COC1=C(c2ccccc2)[C@H]2CCC[C@H]2[C@@]1(OC)c1ccccc1. The van der Waals surface area contributed by atoms with Gasteiger partial charge >= 0.3 is 0 Å². The Hall–Kier alpha value is -2.06. The van der Waals surface area contributed by atoms with Gasteiger partial charge in [-0.05, 0) is 29.9 Å². The zero-order valence-electron chi connectivity index (χ0n) is 14.4. The normalized spacial score (nSPS) is 28.9. The Morgan fingerprint density at radius 1 is 0.875 bits per heavy atom. The number of benzene rings is 2. The van der Waals surface area contributed by atoms with E-state index < -0.39 is 5.60 Å². The van der Waals surface area contributed by atoms with Crippen LogP contribution < -0.4 is 0 Å². The van der Waals surface area contributed by atoms with E-state index in [1.54, 1.807) is 7.11 Å². The highest BCUT2D eigenvalue weighted by atomic mass is 16.5. The largest absolute Gasteiger partial charge is 0.497 e. The molecule has 24 heavy (non-hydrogen) atoms. The molecule has 3 atom stereocenters. The highest BCUT2D eigenvalue weighted by Gasteiger charge is 2.58. The molecule has 0 aromatic heterocycles. The molecule has 0 heterocycles. The third-order valence-electron chi connectivity index (χ3n) is 5.80. The van der Waals surface area contributed by atoms with E-state index in [1.807, 2.05) is 7.11 Å². The molecule has 2 aromatic carbocycles. The molecular formula is C22H24O2. The Balaban J connectivity index is 1.97. The predicted octanol–water partition coefficient (Wildman–Crippen LogP) is 5.02. The molecule has 0 bridgehead atoms. The topological polar surface area (TPSA) is 18.5 Å². The van der Waals surface area contributed by atoms with E-state index >= 15 is 0 Å². The zero-order chi connectivity index (χ0) is 16.6. The van der Waals surface area contributed by atoms with E-state index in [0.717, 1.165) is 5.76 Å². The smallest absolute Gasteiger partial charge is 0.153 e. The van der Waals surface area contributed by atoms with Crippen LogP contribution in [0.2, 0.25) is 0 Å². The van der Waals surface area contributed by atoms with Crippen LogP contribution in [0.25, 0.3) is 5.57 Å². The lowest BCUT2D eigenvalue weighted by Gasteiger charge is -2.36. The van der Waals surface area contributed by atoms with Gasteiger partial charge in [0.05, 0.1) is 7.11 Å². The minimum atomic E-state index is -0.470. The Morgan fingerprint density at radius 3 is 2.17 bits per heavy atom. The third-order valence-corrected chi connectivity index (χ3v) is 5.80. The first-order chi connectivity index (χ1) is 11.8. The van der Waals surface area contributed by atoms with Gasteiger partial charge in [0, 0.05) is 18.6 Å². The molecule has 2 aliphatic rings. The summed E-state index contributed by atoms with van der Waals surface area (Å²) < 4.78 is 12.3. The molecule has 124 valence electrons. The molecule has 0 N–H and O–H groups in total. The summed E-state index contributed by atoms with van der Waals surface area (Å²) in [7, 11) is 3.62. The Morgan fingerprint density at radius 2 is 1.54 bits per heavy atom. The quantitative estimate of drug-likeness (QED) is 0.788. The van der Waals surface area contributed by atoms with E-state index in [0.29, 0.717) is 11.8 Å². The van der Waals surface area contributed by atoms with Gasteiger partial charge < -0.3 is 9.47 Å². The average Bonchev–Trinajstić information content (AvgIpc) is 3.22. The van der Waals surface area contributed by atoms with Crippen molar-refractivity contribution < 1.29 is 9.47 Å². The van der Waals surface area contributed by atoms with Gasteiger partial charge in [0.1, 0.15) is 5.76 Å². The molecule has 1 saturated carbocycles. The van der Waals surface area contributed by atoms with Gasteiger partial charge in [-0.3, -0.25) is 0 Å². The predicted molar refractivity (Wildman–Crippen MR) is 96.3 cm³/mol. The minimum Gasteiger partial charge on any atom is -0.497 e. The van der Waals surface area contributed by atoms with Gasteiger partial charge in [-0.2, -0.15) is 0 Å². The van der Waals surface area contributed by atoms with E-state index in [-0.39, 0.29) is 0 Å². The van der Waals surface area contributed by atoms with Crippen molar-refractivity contribution in [1.29, 1.82) is 0 Å². The van der Waals surface area contributed by atoms with Crippen LogP contribution in [0.1, 0.15) is 30.4 Å². The van der Waals surface area contributed by atoms with Crippen LogP contribution in [-0.2, 0) is 15.1 Å². The maximum absolute atomic E-state index is 6.27. The lowest BCUT2D eigenvalue weighted by Crippen LogP contribution is -2.37. The number of methoxy groups -OCH3 is 2. The molecule has 2 heteroatoms. The van der Waals surface area contributed by atoms with Gasteiger partial charge in [-0.1, -0.05) is 67.1 Å². The molecule has 0 amide bonds. The number of ether oxygens (including phenoxy) is 2. The monoisotopic (exact) mass is 320 g/mol. The van der Waals surface area contributed by atoms with E-state index in [2.05, 4.69) is 60.7 Å². The molecule has 0 aliphatic heterocycles. The minimum absolute atomic E-state index is 0.440. The summed E-state index contributed by atoms with van der Waals surface area (Å²) in [5, 5.41) is 0. The van der Waals surface area contributed by atoms with E-state index in [9.17, 15) is 0 Å². The number of allylic oxidation sites excluding steroid dienone is 1. The van der Waals surface area contributed by atoms with Crippen LogP contribution in [0, 0.1) is 11.8 Å². The van der Waals surface area contributed by atoms with Crippen molar-refractivity contribution in [2.24, 2.45) is 11.8 Å². The van der Waals surface area contributed by atoms with Crippen LogP contribution >= 0.6 is 0 Å². The maximum Gasteiger partial charge on any atom is 0.153 e. The fourth-order valence-corrected chi connectivity index (χ4v) is 4.95. The van der Waals surface area contributed by atoms with Crippen LogP contribution in [-0.4, -0.2) is 14.2 Å². The van der Waals surface area contributed by atoms with Crippen LogP contribution in [0.15, 0.2) is 66.4 Å². The summed E-state index contributed by atoms with van der Waals surface area (Å²) in [5.74, 6) is 1.94. The lowest BCUT2D eigenvalue weighted by molar-refractivity contribution is -0.0604. The molecule has 0 radical (unpaired) electrons. The fourth-order valence-electron chi connectivity index (χ4n) is 4.95. The summed E-state index contributed by atoms with van der Waals surface area (Å²) in [6.45, 7) is 0. The van der Waals surface area contributed by atoms with Gasteiger partial charge in [-0.25, -0.2) is 0 Å². The van der Waals surface area contributed by atoms with Crippen molar-refractivity contribution >= 4 is 5.57 Å². The second-order valence-electron chi connectivity index (χ2n) is 6.76. The van der Waals surface area contributed by atoms with Crippen LogP contribution in [0.3, 0.4) is 0 Å². The Kier molecular flexibility index (Phi) is 3.93. The highest BCUT2D eigenvalue weighted by molar-refractivity contribution is 5.75. The van der Waals surface area contributed by atoms with Crippen molar-refractivity contribution in [3.8, 4) is 0 Å². The molecule has 2 nitrogen and oxygen atoms in total. The first kappa shape index (κ1) is 15.5. The van der Waals surface area contributed by atoms with Gasteiger partial charge in [-0.15, -0.1) is 0 Å². The fraction of sp³-hybridized carbons (Fsp3) is 0.364. The molecule has 4 rings (SSSR count). The number of rotatable bonds is 4. The third kappa shape index (κ3) is 2.06. The zero-order valence-corrected chi connectivity index (χ0v) is 14.4. The Labute approximate surface area is 144 Å². The lowest BCUT2D eigenvalue weighted by atomic mass is 9.79. The molecule has 0 unspecified atom stereocenters. The molecule has 1 fully saturated rings. The van der Waals surface area contributed by atoms with Crippen molar-refractivity contribution in [3.05, 3.63) is 77.5 Å². The van der Waals surface area contributed by atoms with E-state index in [1.165, 1.54) is 36.0 Å². The second kappa shape index (κ2) is 6.10. The number of hydrogen-bond donors (Lipinski definition) is 0. The second-order valence-corrected chi connectivity index (χ2v) is 6.76. The summed E-state index contributed by atoms with van der Waals surface area (Å²) in [5.41, 5.74) is 3.34. The van der Waals surface area contributed by atoms with Gasteiger partial charge in [0.2, 0.25) is 0 Å². The van der Waals surface area contributed by atoms with Gasteiger partial charge in [0.25, 0.3) is 0 Å². The molecule has 0 saturated heterocycles. The standard InChI is InChI=1S/C22H24O2/c1-23-21-20(16-10-5-3-6-11-16)18-14-9-15-19(18)22(21,24-2)17-12-7-4-8-13-17/h3-8,10-13,18-19H,9,14-15H2,1-2H3/t18-,19+,22-/m0/s1. The first-order valence-corrected chi connectivity index (χ1v) is 8.77. The Bertz CT molecular complexity index is 735. The molecular weight excluding hydrogens is 296 g/mol. The van der Waals surface area contributed by atoms with Crippen molar-refractivity contribution in [1.82, 2.24) is 0 Å². The average molecular weight is 320 g/mol. The number of hydrogen-bond acceptors (Lipinski definition) is 2. The van der Waals surface area contributed by atoms with E-state index in [4.69, 9.17) is 9.47 Å². The highest BCUT2D eigenvalue weighted by Crippen LogP contribution is 2.61. The first-order valence-electron chi connectivity index (χ1n) is 8.77. The van der Waals surface area contributed by atoms with Crippen molar-refractivity contribution in [2.45, 2.75) is 24.9 Å². The van der Waals surface area contributed by atoms with Crippen LogP contribution in [0.4, 0.5) is 0 Å². The maximum atomic E-state index is 6.27. The number of fused-ring (bicyclic) bond motifs is 1. The van der Waals surface area contributed by atoms with Crippen LogP contribution in [0.5, 0.6) is 0 Å². The molecule has 2 aromatic rings. The molecule has 2 aliphatic carbocycles.